The summed E-state index contributed by atoms with van der Waals surface area (Å²) in [6.45, 7) is 2.08. The molecule has 3 aromatic carbocycles. The van der Waals surface area contributed by atoms with E-state index in [0.717, 1.165) is 10.8 Å². The first-order valence-electron chi connectivity index (χ1n) is 10.2. The van der Waals surface area contributed by atoms with Gasteiger partial charge in [-0.25, -0.2) is 0 Å². The van der Waals surface area contributed by atoms with Crippen molar-refractivity contribution in [1.82, 2.24) is 10.2 Å². The van der Waals surface area contributed by atoms with Crippen molar-refractivity contribution in [2.75, 3.05) is 38.2 Å². The molecule has 0 aromatic heterocycles. The Balaban J connectivity index is 1.43. The SMILES string of the molecule is COc1ccc(N2CCN(C(=S)NC(=O)c3cccc4c(Cl)cccc34)CC2)c([N+](=O)[O-])c1. The molecule has 33 heavy (non-hydrogen) atoms. The van der Waals surface area contributed by atoms with Gasteiger partial charge in [-0.2, -0.15) is 0 Å². The maximum absolute atomic E-state index is 12.9. The minimum absolute atomic E-state index is 0.00621. The number of piperazine rings is 1. The lowest BCUT2D eigenvalue weighted by Crippen LogP contribution is -2.52. The molecule has 0 bridgehead atoms. The van der Waals surface area contributed by atoms with Crippen molar-refractivity contribution >= 4 is 57.0 Å². The number of nitrogens with zero attached hydrogens (tertiary/aromatic N) is 3. The van der Waals surface area contributed by atoms with Gasteiger partial charge in [0.05, 0.1) is 18.1 Å². The predicted molar refractivity (Wildman–Crippen MR) is 132 cm³/mol. The van der Waals surface area contributed by atoms with Gasteiger partial charge in [-0.15, -0.1) is 0 Å². The second kappa shape index (κ2) is 9.60. The summed E-state index contributed by atoms with van der Waals surface area (Å²) in [5, 5.41) is 16.8. The highest BCUT2D eigenvalue weighted by Crippen LogP contribution is 2.32. The highest BCUT2D eigenvalue weighted by Gasteiger charge is 2.26. The number of rotatable bonds is 4. The van der Waals surface area contributed by atoms with E-state index in [4.69, 9.17) is 28.6 Å². The molecule has 1 N–H and O–H groups in total. The molecule has 4 rings (SSSR count). The van der Waals surface area contributed by atoms with Crippen LogP contribution in [0.2, 0.25) is 5.02 Å². The van der Waals surface area contributed by atoms with Gasteiger partial charge in [0.1, 0.15) is 11.4 Å². The number of carbonyl (C=O) groups is 1. The van der Waals surface area contributed by atoms with Gasteiger partial charge in [0.15, 0.2) is 5.11 Å². The van der Waals surface area contributed by atoms with Gasteiger partial charge in [-0.3, -0.25) is 20.2 Å². The van der Waals surface area contributed by atoms with Crippen LogP contribution in [-0.4, -0.2) is 54.1 Å². The molecule has 0 radical (unpaired) electrons. The zero-order chi connectivity index (χ0) is 23.5. The standard InChI is InChI=1S/C23H21ClN4O4S/c1-32-15-8-9-20(21(14-15)28(30)31)26-10-12-27(13-11-26)23(33)25-22(29)18-6-2-5-17-16(18)4-3-7-19(17)24/h2-9,14H,10-13H2,1H3,(H,25,29,33). The van der Waals surface area contributed by atoms with Crippen molar-refractivity contribution in [2.45, 2.75) is 0 Å². The smallest absolute Gasteiger partial charge is 0.296 e. The molecule has 1 fully saturated rings. The van der Waals surface area contributed by atoms with E-state index in [9.17, 15) is 14.9 Å². The number of nitro groups is 1. The van der Waals surface area contributed by atoms with Crippen LogP contribution in [0.15, 0.2) is 54.6 Å². The van der Waals surface area contributed by atoms with Gasteiger partial charge in [-0.05, 0) is 41.9 Å². The fraction of sp³-hybridized carbons (Fsp3) is 0.217. The van der Waals surface area contributed by atoms with E-state index in [2.05, 4.69) is 5.32 Å². The summed E-state index contributed by atoms with van der Waals surface area (Å²) in [6, 6.07) is 15.6. The summed E-state index contributed by atoms with van der Waals surface area (Å²) in [5.41, 5.74) is 1.01. The minimum atomic E-state index is -0.411. The quantitative estimate of drug-likeness (QED) is 0.336. The Morgan fingerprint density at radius 3 is 2.48 bits per heavy atom. The van der Waals surface area contributed by atoms with Crippen LogP contribution in [-0.2, 0) is 0 Å². The highest BCUT2D eigenvalue weighted by molar-refractivity contribution is 7.80. The van der Waals surface area contributed by atoms with Gasteiger partial charge >= 0.3 is 0 Å². The summed E-state index contributed by atoms with van der Waals surface area (Å²) >= 11 is 11.7. The number of carbonyl (C=O) groups excluding carboxylic acids is 1. The average molecular weight is 485 g/mol. The maximum Gasteiger partial charge on any atom is 0.296 e. The van der Waals surface area contributed by atoms with Gasteiger partial charge in [0.2, 0.25) is 0 Å². The molecule has 1 amide bonds. The fourth-order valence-corrected chi connectivity index (χ4v) is 4.42. The Kier molecular flexibility index (Phi) is 6.62. The molecule has 170 valence electrons. The number of ether oxygens (including phenoxy) is 1. The van der Waals surface area contributed by atoms with Gasteiger partial charge in [0, 0.05) is 42.2 Å². The third kappa shape index (κ3) is 4.69. The molecule has 3 aromatic rings. The zero-order valence-electron chi connectivity index (χ0n) is 17.8. The number of halogens is 1. The van der Waals surface area contributed by atoms with E-state index < -0.39 is 4.92 Å². The monoisotopic (exact) mass is 484 g/mol. The lowest BCUT2D eigenvalue weighted by atomic mass is 10.0. The number of nitrogens with one attached hydrogen (secondary N) is 1. The summed E-state index contributed by atoms with van der Waals surface area (Å²) in [4.78, 5) is 27.8. The Morgan fingerprint density at radius 2 is 1.79 bits per heavy atom. The Hall–Kier alpha value is -3.43. The van der Waals surface area contributed by atoms with Crippen LogP contribution < -0.4 is 15.0 Å². The lowest BCUT2D eigenvalue weighted by Gasteiger charge is -2.37. The van der Waals surface area contributed by atoms with Gasteiger partial charge in [-0.1, -0.05) is 35.9 Å². The van der Waals surface area contributed by atoms with E-state index in [0.29, 0.717) is 53.3 Å². The number of amides is 1. The van der Waals surface area contributed by atoms with Crippen LogP contribution in [0.5, 0.6) is 5.75 Å². The number of anilines is 1. The summed E-state index contributed by atoms with van der Waals surface area (Å²) in [5.74, 6) is 0.129. The second-order valence-corrected chi connectivity index (χ2v) is 8.28. The van der Waals surface area contributed by atoms with Crippen LogP contribution in [0, 0.1) is 10.1 Å². The summed E-state index contributed by atoms with van der Waals surface area (Å²) in [6.07, 6.45) is 0. The van der Waals surface area contributed by atoms with Crippen molar-refractivity contribution < 1.29 is 14.5 Å². The normalized spacial score (nSPS) is 13.6. The first kappa shape index (κ1) is 22.8. The predicted octanol–water partition coefficient (Wildman–Crippen LogP) is 4.25. The van der Waals surface area contributed by atoms with Crippen molar-refractivity contribution in [3.63, 3.8) is 0 Å². The minimum Gasteiger partial charge on any atom is -0.496 e. The fourth-order valence-electron chi connectivity index (χ4n) is 3.91. The van der Waals surface area contributed by atoms with Gasteiger partial charge < -0.3 is 14.5 Å². The number of hydrogen-bond donors (Lipinski definition) is 1. The topological polar surface area (TPSA) is 88.0 Å². The van der Waals surface area contributed by atoms with E-state index in [1.54, 1.807) is 36.4 Å². The molecular weight excluding hydrogens is 464 g/mol. The molecule has 0 spiro atoms. The first-order valence-corrected chi connectivity index (χ1v) is 11.0. The lowest BCUT2D eigenvalue weighted by molar-refractivity contribution is -0.384. The van der Waals surface area contributed by atoms with Crippen molar-refractivity contribution in [2.24, 2.45) is 0 Å². The molecule has 1 aliphatic heterocycles. The maximum atomic E-state index is 12.9. The van der Waals surface area contributed by atoms with Crippen LogP contribution >= 0.6 is 23.8 Å². The van der Waals surface area contributed by atoms with Gasteiger partial charge in [0.25, 0.3) is 11.6 Å². The average Bonchev–Trinajstić information content (AvgIpc) is 2.83. The largest absolute Gasteiger partial charge is 0.496 e. The molecule has 1 aliphatic rings. The second-order valence-electron chi connectivity index (χ2n) is 7.49. The summed E-state index contributed by atoms with van der Waals surface area (Å²) in [7, 11) is 1.47. The Bertz CT molecular complexity index is 1240. The van der Waals surface area contributed by atoms with E-state index >= 15 is 0 Å². The summed E-state index contributed by atoms with van der Waals surface area (Å²) < 4.78 is 5.11. The number of fused-ring (bicyclic) bond motifs is 1. The molecule has 0 aliphatic carbocycles. The molecule has 8 nitrogen and oxygen atoms in total. The van der Waals surface area contributed by atoms with E-state index in [1.807, 2.05) is 21.9 Å². The third-order valence-electron chi connectivity index (χ3n) is 5.62. The van der Waals surface area contributed by atoms with Crippen LogP contribution in [0.4, 0.5) is 11.4 Å². The number of nitro benzene ring substituents is 1. The van der Waals surface area contributed by atoms with Crippen LogP contribution in [0.3, 0.4) is 0 Å². The van der Waals surface area contributed by atoms with Crippen LogP contribution in [0.25, 0.3) is 10.8 Å². The van der Waals surface area contributed by atoms with Crippen molar-refractivity contribution in [1.29, 1.82) is 0 Å². The molecule has 1 heterocycles. The van der Waals surface area contributed by atoms with Crippen molar-refractivity contribution in [3.05, 3.63) is 75.3 Å². The molecule has 0 unspecified atom stereocenters. The highest BCUT2D eigenvalue weighted by atomic mass is 35.5. The number of methoxy groups -OCH3 is 1. The first-order chi connectivity index (χ1) is 15.9. The van der Waals surface area contributed by atoms with E-state index in [-0.39, 0.29) is 11.6 Å². The Labute approximate surface area is 200 Å². The number of benzene rings is 3. The molecule has 1 saturated heterocycles. The van der Waals surface area contributed by atoms with Crippen molar-refractivity contribution in [3.8, 4) is 5.75 Å². The molecular formula is C23H21ClN4O4S. The number of hydrogen-bond acceptors (Lipinski definition) is 6. The molecule has 0 atom stereocenters. The van der Waals surface area contributed by atoms with Crippen LogP contribution in [0.1, 0.15) is 10.4 Å². The zero-order valence-corrected chi connectivity index (χ0v) is 19.4. The number of thiocarbonyl (C=S) groups is 1. The third-order valence-corrected chi connectivity index (χ3v) is 6.31. The molecule has 10 heteroatoms. The van der Waals surface area contributed by atoms with E-state index in [1.165, 1.54) is 13.2 Å². The Morgan fingerprint density at radius 1 is 1.09 bits per heavy atom. The molecule has 0 saturated carbocycles.